The summed E-state index contributed by atoms with van der Waals surface area (Å²) in [5.41, 5.74) is 1.09. The normalized spacial score (nSPS) is 12.5. The van der Waals surface area contributed by atoms with Crippen molar-refractivity contribution in [3.05, 3.63) is 83.1 Å². The molecule has 0 unspecified atom stereocenters. The van der Waals surface area contributed by atoms with Gasteiger partial charge in [-0.05, 0) is 64.1 Å². The fourth-order valence-electron chi connectivity index (χ4n) is 4.19. The van der Waals surface area contributed by atoms with E-state index >= 15 is 8.78 Å². The first-order chi connectivity index (χ1) is 19.0. The molecule has 2 heterocycles. The molecule has 2 aromatic heterocycles. The van der Waals surface area contributed by atoms with Crippen LogP contribution in [0.1, 0.15) is 44.5 Å². The lowest BCUT2D eigenvalue weighted by Crippen LogP contribution is -2.25. The molecule has 212 valence electrons. The molecule has 0 saturated heterocycles. The molecule has 0 aliphatic heterocycles. The predicted molar refractivity (Wildman–Crippen MR) is 147 cm³/mol. The molecule has 0 fully saturated rings. The van der Waals surface area contributed by atoms with Gasteiger partial charge in [-0.3, -0.25) is 14.0 Å². The van der Waals surface area contributed by atoms with E-state index in [0.29, 0.717) is 5.56 Å². The van der Waals surface area contributed by atoms with Gasteiger partial charge in [0.1, 0.15) is 29.6 Å². The fourth-order valence-corrected chi connectivity index (χ4v) is 5.18. The molecule has 0 spiro atoms. The van der Waals surface area contributed by atoms with E-state index in [0.717, 1.165) is 6.07 Å². The number of hydrogen-bond donors (Lipinski definition) is 0. The van der Waals surface area contributed by atoms with Crippen LogP contribution in [0.15, 0.2) is 53.3 Å². The van der Waals surface area contributed by atoms with E-state index in [9.17, 15) is 13.4 Å². The molecule has 0 amide bonds. The molecular weight excluding hydrogens is 543 g/mol. The van der Waals surface area contributed by atoms with E-state index in [4.69, 9.17) is 13.9 Å². The van der Waals surface area contributed by atoms with Crippen molar-refractivity contribution in [3.63, 3.8) is 0 Å². The third-order valence-electron chi connectivity index (χ3n) is 6.25. The van der Waals surface area contributed by atoms with Crippen molar-refractivity contribution in [2.24, 2.45) is 0 Å². The Kier molecular flexibility index (Phi) is 8.98. The van der Waals surface area contributed by atoms with Crippen molar-refractivity contribution in [2.75, 3.05) is 12.4 Å². The molecule has 0 aliphatic carbocycles. The van der Waals surface area contributed by atoms with E-state index in [-0.39, 0.29) is 70.9 Å². The van der Waals surface area contributed by atoms with Crippen LogP contribution < -0.4 is 4.74 Å². The standard InChI is InChI=1S/C30H30F3NO5S/c1-5-37-26(35)16-18-14-20(31)6-7-25(18)39-17-19-15-23(29-22(27(19)32)9-12-38-29)21-8-11-34-24(28(21)33)10-13-40(36)30(2,3)4/h6-9,11-12,14-15H,5,10,13,16-17H2,1-4H3/t40-/m0/s1. The summed E-state index contributed by atoms with van der Waals surface area (Å²) < 4.78 is 73.4. The average molecular weight is 574 g/mol. The maximum absolute atomic E-state index is 15.7. The number of carbonyl (C=O) groups is 1. The van der Waals surface area contributed by atoms with Gasteiger partial charge in [-0.15, -0.1) is 0 Å². The molecule has 0 N–H and O–H groups in total. The first-order valence-electron chi connectivity index (χ1n) is 12.8. The van der Waals surface area contributed by atoms with E-state index in [1.165, 1.54) is 42.8 Å². The van der Waals surface area contributed by atoms with Gasteiger partial charge < -0.3 is 13.9 Å². The molecule has 10 heteroatoms. The van der Waals surface area contributed by atoms with Gasteiger partial charge in [0.2, 0.25) is 0 Å². The summed E-state index contributed by atoms with van der Waals surface area (Å²) in [6.07, 6.45) is 2.70. The van der Waals surface area contributed by atoms with E-state index in [2.05, 4.69) is 4.98 Å². The van der Waals surface area contributed by atoms with Gasteiger partial charge in [-0.2, -0.15) is 0 Å². The summed E-state index contributed by atoms with van der Waals surface area (Å²) in [5.74, 6) is -1.92. The number of benzene rings is 2. The van der Waals surface area contributed by atoms with Crippen molar-refractivity contribution >= 4 is 27.7 Å². The van der Waals surface area contributed by atoms with Crippen LogP contribution in [0.25, 0.3) is 22.1 Å². The number of fused-ring (bicyclic) bond motifs is 1. The minimum atomic E-state index is -1.19. The Bertz CT molecular complexity index is 1560. The number of rotatable bonds is 10. The van der Waals surface area contributed by atoms with Crippen LogP contribution in [-0.2, 0) is 39.8 Å². The van der Waals surface area contributed by atoms with Gasteiger partial charge in [0, 0.05) is 56.2 Å². The Labute approximate surface area is 233 Å². The third-order valence-corrected chi connectivity index (χ3v) is 8.19. The summed E-state index contributed by atoms with van der Waals surface area (Å²) >= 11 is 0. The van der Waals surface area contributed by atoms with Gasteiger partial charge in [0.05, 0.1) is 30.4 Å². The van der Waals surface area contributed by atoms with Crippen molar-refractivity contribution < 1.29 is 36.1 Å². The average Bonchev–Trinajstić information content (AvgIpc) is 3.39. The number of halogens is 3. The molecule has 4 aromatic rings. The van der Waals surface area contributed by atoms with Crippen LogP contribution in [0.4, 0.5) is 13.2 Å². The van der Waals surface area contributed by atoms with Gasteiger partial charge >= 0.3 is 5.97 Å². The number of carbonyl (C=O) groups excluding carboxylic acids is 1. The first-order valence-corrected chi connectivity index (χ1v) is 14.1. The van der Waals surface area contributed by atoms with Crippen LogP contribution in [0.5, 0.6) is 5.75 Å². The molecule has 0 bridgehead atoms. The van der Waals surface area contributed by atoms with Crippen LogP contribution >= 0.6 is 0 Å². The highest BCUT2D eigenvalue weighted by Gasteiger charge is 2.23. The number of ether oxygens (including phenoxy) is 2. The highest BCUT2D eigenvalue weighted by molar-refractivity contribution is 7.86. The largest absolute Gasteiger partial charge is 0.488 e. The third kappa shape index (κ3) is 6.55. The highest BCUT2D eigenvalue weighted by Crippen LogP contribution is 2.36. The molecule has 0 aliphatic rings. The Morgan fingerprint density at radius 3 is 2.52 bits per heavy atom. The fraction of sp³-hybridized carbons (Fsp3) is 0.333. The van der Waals surface area contributed by atoms with Gasteiger partial charge in [0.25, 0.3) is 0 Å². The summed E-state index contributed by atoms with van der Waals surface area (Å²) in [4.78, 5) is 16.1. The number of aryl methyl sites for hydroxylation is 1. The summed E-state index contributed by atoms with van der Waals surface area (Å²) in [5, 5.41) is 0.133. The van der Waals surface area contributed by atoms with Crippen LogP contribution in [0.3, 0.4) is 0 Å². The number of esters is 1. The SMILES string of the molecule is CCOC(=O)Cc1cc(F)ccc1OCc1cc(-c2ccnc(CC[S@](=O)C(C)(C)C)c2F)c2occc2c1F. The van der Waals surface area contributed by atoms with Crippen LogP contribution in [-0.4, -0.2) is 32.3 Å². The second-order valence-electron chi connectivity index (χ2n) is 10.1. The lowest BCUT2D eigenvalue weighted by Gasteiger charge is -2.17. The van der Waals surface area contributed by atoms with Crippen LogP contribution in [0, 0.1) is 17.5 Å². The maximum Gasteiger partial charge on any atom is 0.310 e. The smallest absolute Gasteiger partial charge is 0.310 e. The number of nitrogens with zero attached hydrogens (tertiary/aromatic N) is 1. The molecule has 40 heavy (non-hydrogen) atoms. The quantitative estimate of drug-likeness (QED) is 0.197. The maximum atomic E-state index is 15.7. The Morgan fingerprint density at radius 1 is 1.02 bits per heavy atom. The number of pyridine rings is 1. The van der Waals surface area contributed by atoms with Crippen molar-refractivity contribution in [1.82, 2.24) is 4.98 Å². The summed E-state index contributed by atoms with van der Waals surface area (Å²) in [7, 11) is -1.19. The molecule has 2 aromatic carbocycles. The lowest BCUT2D eigenvalue weighted by molar-refractivity contribution is -0.142. The zero-order valence-electron chi connectivity index (χ0n) is 22.7. The second-order valence-corrected chi connectivity index (χ2v) is 12.4. The Morgan fingerprint density at radius 2 is 1.80 bits per heavy atom. The lowest BCUT2D eigenvalue weighted by atomic mass is 9.99. The van der Waals surface area contributed by atoms with Gasteiger partial charge in [0.15, 0.2) is 5.82 Å². The number of aromatic nitrogens is 1. The van der Waals surface area contributed by atoms with Crippen molar-refractivity contribution in [1.29, 1.82) is 0 Å². The summed E-state index contributed by atoms with van der Waals surface area (Å²) in [6, 6.07) is 8.03. The van der Waals surface area contributed by atoms with Gasteiger partial charge in [-0.1, -0.05) is 0 Å². The molecule has 6 nitrogen and oxygen atoms in total. The second kappa shape index (κ2) is 12.2. The van der Waals surface area contributed by atoms with Crippen molar-refractivity contribution in [2.45, 2.75) is 51.9 Å². The number of hydrogen-bond acceptors (Lipinski definition) is 6. The zero-order chi connectivity index (χ0) is 29.0. The molecule has 0 saturated carbocycles. The highest BCUT2D eigenvalue weighted by atomic mass is 32.2. The topological polar surface area (TPSA) is 78.6 Å². The monoisotopic (exact) mass is 573 g/mol. The van der Waals surface area contributed by atoms with E-state index < -0.39 is 39.0 Å². The van der Waals surface area contributed by atoms with Gasteiger partial charge in [-0.25, -0.2) is 13.2 Å². The van der Waals surface area contributed by atoms with E-state index in [1.807, 2.05) is 20.8 Å². The Hall–Kier alpha value is -3.66. The predicted octanol–water partition coefficient (Wildman–Crippen LogP) is 6.69. The zero-order valence-corrected chi connectivity index (χ0v) is 23.5. The molecule has 1 atom stereocenters. The minimum absolute atomic E-state index is 0.0990. The molecule has 4 rings (SSSR count). The molecule has 0 radical (unpaired) electrons. The van der Waals surface area contributed by atoms with Crippen LogP contribution in [0.2, 0.25) is 0 Å². The molecular formula is C30H30F3NO5S. The minimum Gasteiger partial charge on any atom is -0.488 e. The summed E-state index contributed by atoms with van der Waals surface area (Å²) in [6.45, 7) is 7.10. The van der Waals surface area contributed by atoms with Crippen molar-refractivity contribution in [3.8, 4) is 16.9 Å². The number of furan rings is 1. The Balaban J connectivity index is 1.67. The first kappa shape index (κ1) is 29.3. The van der Waals surface area contributed by atoms with E-state index in [1.54, 1.807) is 6.92 Å².